The average molecular weight is 673 g/mol. The fraction of sp³-hybridized carbons (Fsp3) is 0.194. The first kappa shape index (κ1) is 31.7. The van der Waals surface area contributed by atoms with Gasteiger partial charge in [-0.05, 0) is 61.2 Å². The number of carbonyl (C=O) groups is 2. The molecule has 46 heavy (non-hydrogen) atoms. The molecule has 6 rings (SSSR count). The van der Waals surface area contributed by atoms with Crippen LogP contribution in [0, 0.1) is 6.92 Å². The number of urea groups is 1. The first-order valence-corrected chi connectivity index (χ1v) is 16.1. The molecular formula is C36H32Cl3N5O2. The van der Waals surface area contributed by atoms with Crippen LogP contribution in [0.15, 0.2) is 103 Å². The van der Waals surface area contributed by atoms with E-state index in [0.717, 1.165) is 27.9 Å². The second-order valence-electron chi connectivity index (χ2n) is 11.4. The van der Waals surface area contributed by atoms with E-state index < -0.39 is 5.54 Å². The Morgan fingerprint density at radius 1 is 0.826 bits per heavy atom. The van der Waals surface area contributed by atoms with Crippen molar-refractivity contribution in [1.82, 2.24) is 25.3 Å². The lowest BCUT2D eigenvalue weighted by Gasteiger charge is -2.42. The summed E-state index contributed by atoms with van der Waals surface area (Å²) in [6.07, 6.45) is 1.07. The van der Waals surface area contributed by atoms with Crippen LogP contribution >= 0.6 is 34.8 Å². The molecule has 1 aromatic heterocycles. The highest BCUT2D eigenvalue weighted by Crippen LogP contribution is 2.36. The molecule has 5 aromatic rings. The summed E-state index contributed by atoms with van der Waals surface area (Å²) in [6.45, 7) is 3.16. The summed E-state index contributed by atoms with van der Waals surface area (Å²) in [4.78, 5) is 29.1. The Labute approximate surface area is 283 Å². The van der Waals surface area contributed by atoms with Crippen molar-refractivity contribution in [2.45, 2.75) is 31.8 Å². The van der Waals surface area contributed by atoms with Gasteiger partial charge in [-0.3, -0.25) is 4.79 Å². The minimum atomic E-state index is -0.640. The van der Waals surface area contributed by atoms with Crippen molar-refractivity contribution in [3.8, 4) is 16.9 Å². The zero-order chi connectivity index (χ0) is 32.3. The smallest absolute Gasteiger partial charge is 0.315 e. The van der Waals surface area contributed by atoms with Crippen molar-refractivity contribution < 1.29 is 9.59 Å². The van der Waals surface area contributed by atoms with Gasteiger partial charge in [0, 0.05) is 40.8 Å². The number of hydrogen-bond donors (Lipinski definition) is 2. The number of piperidine rings is 1. The Hall–Kier alpha value is -4.30. The molecule has 0 atom stereocenters. The molecule has 0 spiro atoms. The van der Waals surface area contributed by atoms with Crippen molar-refractivity contribution in [2.75, 3.05) is 13.1 Å². The van der Waals surface area contributed by atoms with Crippen molar-refractivity contribution >= 4 is 46.7 Å². The maximum atomic E-state index is 14.1. The molecular weight excluding hydrogens is 641 g/mol. The Balaban J connectivity index is 1.27. The third-order valence-electron chi connectivity index (χ3n) is 8.46. The molecule has 2 N–H and O–H groups in total. The highest BCUT2D eigenvalue weighted by atomic mass is 35.5. The molecule has 0 bridgehead atoms. The number of benzene rings is 4. The van der Waals surface area contributed by atoms with Crippen LogP contribution in [0.4, 0.5) is 4.79 Å². The van der Waals surface area contributed by atoms with Crippen molar-refractivity contribution in [1.29, 1.82) is 0 Å². The Morgan fingerprint density at radius 2 is 1.46 bits per heavy atom. The number of likely N-dealkylation sites (tertiary alicyclic amines) is 1. The molecule has 0 aliphatic carbocycles. The van der Waals surface area contributed by atoms with E-state index in [-0.39, 0.29) is 11.9 Å². The minimum Gasteiger partial charge on any atom is -0.337 e. The maximum Gasteiger partial charge on any atom is 0.315 e. The van der Waals surface area contributed by atoms with E-state index in [1.807, 2.05) is 79.7 Å². The highest BCUT2D eigenvalue weighted by molar-refractivity contribution is 6.35. The molecule has 1 saturated heterocycles. The fourth-order valence-corrected chi connectivity index (χ4v) is 6.61. The van der Waals surface area contributed by atoms with Gasteiger partial charge in [-0.2, -0.15) is 5.10 Å². The second-order valence-corrected chi connectivity index (χ2v) is 12.7. The van der Waals surface area contributed by atoms with Crippen LogP contribution in [0.5, 0.6) is 0 Å². The SMILES string of the molecule is Cc1c(C(=O)N2CCC(NC(=O)NCc3ccccc3)(c3ccccc3)CC2)nn(-c2ccc(Cl)cc2Cl)c1-c1ccc(Cl)cc1. The third kappa shape index (κ3) is 6.63. The number of amides is 3. The van der Waals surface area contributed by atoms with Crippen LogP contribution in [0.2, 0.25) is 15.1 Å². The molecule has 7 nitrogen and oxygen atoms in total. The van der Waals surface area contributed by atoms with E-state index in [2.05, 4.69) is 10.6 Å². The van der Waals surface area contributed by atoms with E-state index >= 15 is 0 Å². The van der Waals surface area contributed by atoms with Gasteiger partial charge in [0.15, 0.2) is 5.69 Å². The summed E-state index contributed by atoms with van der Waals surface area (Å²) in [6, 6.07) is 32.0. The summed E-state index contributed by atoms with van der Waals surface area (Å²) in [5, 5.41) is 12.6. The number of nitrogens with one attached hydrogen (secondary N) is 2. The zero-order valence-corrected chi connectivity index (χ0v) is 27.4. The Morgan fingerprint density at radius 3 is 2.11 bits per heavy atom. The number of carbonyl (C=O) groups excluding carboxylic acids is 2. The Kier molecular flexibility index (Phi) is 9.36. The fourth-order valence-electron chi connectivity index (χ4n) is 6.00. The largest absolute Gasteiger partial charge is 0.337 e. The quantitative estimate of drug-likeness (QED) is 0.182. The van der Waals surface area contributed by atoms with Crippen LogP contribution in [0.25, 0.3) is 16.9 Å². The van der Waals surface area contributed by atoms with Crippen LogP contribution in [0.1, 0.15) is 40.0 Å². The topological polar surface area (TPSA) is 79.3 Å². The van der Waals surface area contributed by atoms with Gasteiger partial charge >= 0.3 is 6.03 Å². The molecule has 0 saturated carbocycles. The van der Waals surface area contributed by atoms with Gasteiger partial charge in [-0.1, -0.05) is 108 Å². The van der Waals surface area contributed by atoms with Gasteiger partial charge in [-0.15, -0.1) is 0 Å². The standard InChI is InChI=1S/C36H32Cl3N5O2/c1-24-32(42-44(31-17-16-29(38)22-30(31)39)33(24)26-12-14-28(37)15-13-26)34(45)43-20-18-36(19-21-43,27-10-6-3-7-11-27)41-35(46)40-23-25-8-4-2-5-9-25/h2-17,22H,18-21,23H2,1H3,(H2,40,41,46). The molecule has 4 aromatic carbocycles. The van der Waals surface area contributed by atoms with Crippen LogP contribution in [-0.4, -0.2) is 39.7 Å². The Bertz CT molecular complexity index is 1850. The molecule has 1 aliphatic rings. The number of hydrogen-bond acceptors (Lipinski definition) is 3. The van der Waals surface area contributed by atoms with Gasteiger partial charge in [0.05, 0.1) is 21.9 Å². The van der Waals surface area contributed by atoms with Gasteiger partial charge < -0.3 is 15.5 Å². The minimum absolute atomic E-state index is 0.188. The van der Waals surface area contributed by atoms with E-state index in [4.69, 9.17) is 39.9 Å². The van der Waals surface area contributed by atoms with Crippen molar-refractivity contribution in [3.63, 3.8) is 0 Å². The number of rotatable bonds is 7. The summed E-state index contributed by atoms with van der Waals surface area (Å²) in [5.41, 5.74) is 4.60. The summed E-state index contributed by atoms with van der Waals surface area (Å²) in [7, 11) is 0. The van der Waals surface area contributed by atoms with Crippen LogP contribution in [-0.2, 0) is 12.1 Å². The lowest BCUT2D eigenvalue weighted by atomic mass is 9.80. The lowest BCUT2D eigenvalue weighted by molar-refractivity contribution is 0.0640. The normalized spacial score (nSPS) is 14.1. The summed E-state index contributed by atoms with van der Waals surface area (Å²) >= 11 is 19.0. The second kappa shape index (κ2) is 13.6. The average Bonchev–Trinajstić information content (AvgIpc) is 3.41. The molecule has 0 unspecified atom stereocenters. The monoisotopic (exact) mass is 671 g/mol. The van der Waals surface area contributed by atoms with Gasteiger partial charge in [0.25, 0.3) is 5.91 Å². The van der Waals surface area contributed by atoms with E-state index in [0.29, 0.717) is 58.9 Å². The van der Waals surface area contributed by atoms with Crippen molar-refractivity contribution in [2.24, 2.45) is 0 Å². The number of nitrogens with zero attached hydrogens (tertiary/aromatic N) is 3. The zero-order valence-electron chi connectivity index (χ0n) is 25.1. The summed E-state index contributed by atoms with van der Waals surface area (Å²) < 4.78 is 1.70. The predicted molar refractivity (Wildman–Crippen MR) is 184 cm³/mol. The van der Waals surface area contributed by atoms with Crippen LogP contribution < -0.4 is 10.6 Å². The van der Waals surface area contributed by atoms with Crippen molar-refractivity contribution in [3.05, 3.63) is 141 Å². The van der Waals surface area contributed by atoms with E-state index in [9.17, 15) is 9.59 Å². The van der Waals surface area contributed by atoms with Gasteiger partial charge in [0.2, 0.25) is 0 Å². The molecule has 1 aliphatic heterocycles. The summed E-state index contributed by atoms with van der Waals surface area (Å²) in [5.74, 6) is -0.188. The van der Waals surface area contributed by atoms with E-state index in [1.54, 1.807) is 39.9 Å². The predicted octanol–water partition coefficient (Wildman–Crippen LogP) is 8.44. The molecule has 1 fully saturated rings. The number of halogens is 3. The van der Waals surface area contributed by atoms with Gasteiger partial charge in [-0.25, -0.2) is 9.48 Å². The lowest BCUT2D eigenvalue weighted by Crippen LogP contribution is -2.56. The first-order valence-electron chi connectivity index (χ1n) is 15.0. The highest BCUT2D eigenvalue weighted by Gasteiger charge is 2.40. The molecule has 234 valence electrons. The van der Waals surface area contributed by atoms with Gasteiger partial charge in [0.1, 0.15) is 0 Å². The molecule has 10 heteroatoms. The molecule has 2 heterocycles. The first-order chi connectivity index (χ1) is 22.2. The third-order valence-corrected chi connectivity index (χ3v) is 9.25. The number of aromatic nitrogens is 2. The molecule has 3 amide bonds. The molecule has 0 radical (unpaired) electrons. The van der Waals surface area contributed by atoms with Crippen LogP contribution in [0.3, 0.4) is 0 Å². The van der Waals surface area contributed by atoms with E-state index in [1.165, 1.54) is 0 Å². The maximum absolute atomic E-state index is 14.1.